The van der Waals surface area contributed by atoms with Crippen LogP contribution >= 0.6 is 0 Å². The molecule has 2 aromatic carbocycles. The van der Waals surface area contributed by atoms with Gasteiger partial charge in [0.15, 0.2) is 0 Å². The van der Waals surface area contributed by atoms with Crippen molar-refractivity contribution >= 4 is 17.7 Å². The zero-order valence-corrected chi connectivity index (χ0v) is 11.0. The molecule has 0 aliphatic heterocycles. The molecule has 0 aromatic heterocycles. The number of hydrogen-bond acceptors (Lipinski definition) is 2. The van der Waals surface area contributed by atoms with Crippen molar-refractivity contribution in [1.29, 1.82) is 0 Å². The van der Waals surface area contributed by atoms with Crippen LogP contribution in [0.25, 0.3) is 6.08 Å². The van der Waals surface area contributed by atoms with Crippen molar-refractivity contribution in [1.82, 2.24) is 0 Å². The Bertz CT molecular complexity index is 635. The summed E-state index contributed by atoms with van der Waals surface area (Å²) in [4.78, 5) is 13.4. The molecule has 0 heterocycles. The van der Waals surface area contributed by atoms with Gasteiger partial charge in [0.2, 0.25) is 0 Å². The van der Waals surface area contributed by atoms with Crippen molar-refractivity contribution in [2.75, 3.05) is 11.9 Å². The van der Waals surface area contributed by atoms with Crippen molar-refractivity contribution in [3.8, 4) is 5.75 Å². The third-order valence-corrected chi connectivity index (χ3v) is 2.83. The highest BCUT2D eigenvalue weighted by molar-refractivity contribution is 6.03. The molecule has 4 heteroatoms. The number of anilines is 1. The molecule has 0 radical (unpaired) electrons. The lowest BCUT2D eigenvalue weighted by molar-refractivity contribution is -0.113. The molecule has 3 nitrogen and oxygen atoms in total. The van der Waals surface area contributed by atoms with Crippen LogP contribution in [0.2, 0.25) is 0 Å². The monoisotopic (exact) mass is 271 g/mol. The van der Waals surface area contributed by atoms with E-state index in [1.807, 2.05) is 0 Å². The van der Waals surface area contributed by atoms with Gasteiger partial charge in [-0.15, -0.1) is 0 Å². The first-order chi connectivity index (χ1) is 9.56. The highest BCUT2D eigenvalue weighted by Crippen LogP contribution is 2.17. The summed E-state index contributed by atoms with van der Waals surface area (Å²) < 4.78 is 13.0. The van der Waals surface area contributed by atoms with E-state index in [1.165, 1.54) is 35.2 Å². The van der Waals surface area contributed by atoms with Gasteiger partial charge in [0.05, 0.1) is 0 Å². The van der Waals surface area contributed by atoms with E-state index in [9.17, 15) is 14.3 Å². The van der Waals surface area contributed by atoms with Gasteiger partial charge in [0.1, 0.15) is 11.6 Å². The van der Waals surface area contributed by atoms with Crippen molar-refractivity contribution in [3.05, 3.63) is 66.0 Å². The Labute approximate surface area is 116 Å². The van der Waals surface area contributed by atoms with E-state index in [0.29, 0.717) is 11.3 Å². The Balaban J connectivity index is 2.09. The van der Waals surface area contributed by atoms with Crippen LogP contribution in [0.3, 0.4) is 0 Å². The van der Waals surface area contributed by atoms with Crippen LogP contribution in [0.5, 0.6) is 5.75 Å². The van der Waals surface area contributed by atoms with Crippen LogP contribution in [-0.2, 0) is 4.79 Å². The van der Waals surface area contributed by atoms with Gasteiger partial charge >= 0.3 is 0 Å². The van der Waals surface area contributed by atoms with E-state index in [0.717, 1.165) is 0 Å². The molecule has 1 N–H and O–H groups in total. The van der Waals surface area contributed by atoms with E-state index in [4.69, 9.17) is 0 Å². The second kappa shape index (κ2) is 6.02. The zero-order chi connectivity index (χ0) is 14.5. The zero-order valence-electron chi connectivity index (χ0n) is 11.0. The fraction of sp³-hybridized carbons (Fsp3) is 0.0625. The van der Waals surface area contributed by atoms with E-state index >= 15 is 0 Å². The number of nitrogens with zero attached hydrogens (tertiary/aromatic N) is 1. The summed E-state index contributed by atoms with van der Waals surface area (Å²) in [7, 11) is 1.63. The number of halogens is 1. The highest BCUT2D eigenvalue weighted by atomic mass is 19.1. The number of aromatic hydroxyl groups is 1. The Morgan fingerprint density at radius 3 is 2.55 bits per heavy atom. The number of phenolic OH excluding ortho intramolecular Hbond substituents is 1. The third kappa shape index (κ3) is 3.45. The van der Waals surface area contributed by atoms with Gasteiger partial charge in [0, 0.05) is 18.8 Å². The molecule has 0 spiro atoms. The van der Waals surface area contributed by atoms with Crippen molar-refractivity contribution in [2.24, 2.45) is 0 Å². The molecule has 0 saturated heterocycles. The molecule has 0 bridgehead atoms. The predicted octanol–water partition coefficient (Wildman–Crippen LogP) is 3.21. The average molecular weight is 271 g/mol. The predicted molar refractivity (Wildman–Crippen MR) is 77.0 cm³/mol. The topological polar surface area (TPSA) is 40.5 Å². The Kier molecular flexibility index (Phi) is 4.15. The van der Waals surface area contributed by atoms with Crippen LogP contribution in [0.1, 0.15) is 5.56 Å². The summed E-state index contributed by atoms with van der Waals surface area (Å²) in [6.45, 7) is 0. The Hall–Kier alpha value is -2.62. The second-order valence-electron chi connectivity index (χ2n) is 4.30. The lowest BCUT2D eigenvalue weighted by Crippen LogP contribution is -2.23. The molecule has 0 saturated carbocycles. The average Bonchev–Trinajstić information content (AvgIpc) is 2.45. The van der Waals surface area contributed by atoms with Gasteiger partial charge in [-0.3, -0.25) is 4.79 Å². The van der Waals surface area contributed by atoms with Crippen molar-refractivity contribution in [3.63, 3.8) is 0 Å². The highest BCUT2D eigenvalue weighted by Gasteiger charge is 2.07. The van der Waals surface area contributed by atoms with E-state index in [1.54, 1.807) is 37.4 Å². The molecule has 102 valence electrons. The summed E-state index contributed by atoms with van der Waals surface area (Å²) in [5, 5.41) is 9.20. The Morgan fingerprint density at radius 2 is 1.90 bits per heavy atom. The van der Waals surface area contributed by atoms with Crippen molar-refractivity contribution < 1.29 is 14.3 Å². The van der Waals surface area contributed by atoms with Gasteiger partial charge < -0.3 is 10.0 Å². The molecular weight excluding hydrogens is 257 g/mol. The molecule has 0 unspecified atom stereocenters. The van der Waals surface area contributed by atoms with Gasteiger partial charge in [-0.25, -0.2) is 4.39 Å². The molecule has 0 fully saturated rings. The minimum absolute atomic E-state index is 0.143. The smallest absolute Gasteiger partial charge is 0.250 e. The molecular formula is C16H14FNO2. The van der Waals surface area contributed by atoms with Crippen LogP contribution < -0.4 is 4.90 Å². The molecule has 20 heavy (non-hydrogen) atoms. The van der Waals surface area contributed by atoms with Crippen LogP contribution in [0.15, 0.2) is 54.6 Å². The molecule has 0 aliphatic rings. The summed E-state index contributed by atoms with van der Waals surface area (Å²) in [5.41, 5.74) is 1.29. The molecule has 2 aromatic rings. The second-order valence-corrected chi connectivity index (χ2v) is 4.30. The first kappa shape index (κ1) is 13.8. The summed E-state index contributed by atoms with van der Waals surface area (Å²) >= 11 is 0. The minimum atomic E-state index is -0.341. The van der Waals surface area contributed by atoms with Gasteiger partial charge in [0.25, 0.3) is 5.91 Å². The number of carbonyl (C=O) groups is 1. The number of likely N-dealkylation sites (N-methyl/N-ethyl adjacent to an activating group) is 1. The number of phenols is 1. The maximum absolute atomic E-state index is 13.0. The third-order valence-electron chi connectivity index (χ3n) is 2.83. The lowest BCUT2D eigenvalue weighted by Gasteiger charge is -2.15. The van der Waals surface area contributed by atoms with Gasteiger partial charge in [-0.05, 0) is 48.0 Å². The Morgan fingerprint density at radius 1 is 1.20 bits per heavy atom. The SMILES string of the molecule is CN(C(=O)/C=C/c1cccc(F)c1)c1ccc(O)cc1. The van der Waals surface area contributed by atoms with Crippen molar-refractivity contribution in [2.45, 2.75) is 0 Å². The molecule has 2 rings (SSSR count). The molecule has 0 aliphatic carbocycles. The summed E-state index contributed by atoms with van der Waals surface area (Å²) in [5.74, 6) is -0.434. The lowest BCUT2D eigenvalue weighted by atomic mass is 10.2. The summed E-state index contributed by atoms with van der Waals surface area (Å²) in [6.07, 6.45) is 2.93. The normalized spacial score (nSPS) is 10.7. The van der Waals surface area contributed by atoms with Crippen LogP contribution in [0, 0.1) is 5.82 Å². The number of carbonyl (C=O) groups excluding carboxylic acids is 1. The van der Waals surface area contributed by atoms with Gasteiger partial charge in [-0.2, -0.15) is 0 Å². The maximum atomic E-state index is 13.0. The fourth-order valence-corrected chi connectivity index (χ4v) is 1.69. The number of rotatable bonds is 3. The molecule has 1 amide bonds. The number of hydrogen-bond donors (Lipinski definition) is 1. The largest absolute Gasteiger partial charge is 0.508 e. The van der Waals surface area contributed by atoms with E-state index < -0.39 is 0 Å². The quantitative estimate of drug-likeness (QED) is 0.871. The minimum Gasteiger partial charge on any atom is -0.508 e. The van der Waals surface area contributed by atoms with E-state index in [-0.39, 0.29) is 17.5 Å². The number of amides is 1. The van der Waals surface area contributed by atoms with Crippen LogP contribution in [-0.4, -0.2) is 18.1 Å². The summed E-state index contributed by atoms with van der Waals surface area (Å²) in [6, 6.07) is 12.3. The van der Waals surface area contributed by atoms with Crippen LogP contribution in [0.4, 0.5) is 10.1 Å². The van der Waals surface area contributed by atoms with Gasteiger partial charge in [-0.1, -0.05) is 12.1 Å². The maximum Gasteiger partial charge on any atom is 0.250 e. The first-order valence-electron chi connectivity index (χ1n) is 6.06. The first-order valence-corrected chi connectivity index (χ1v) is 6.06. The fourth-order valence-electron chi connectivity index (χ4n) is 1.69. The molecule has 0 atom stereocenters. The standard InChI is InChI=1S/C16H14FNO2/c1-18(14-6-8-15(19)9-7-14)16(20)10-5-12-3-2-4-13(17)11-12/h2-11,19H,1H3/b10-5+. The number of benzene rings is 2. The van der Waals surface area contributed by atoms with E-state index in [2.05, 4.69) is 0 Å².